The van der Waals surface area contributed by atoms with Crippen LogP contribution in [-0.4, -0.2) is 39.2 Å². The van der Waals surface area contributed by atoms with Crippen molar-refractivity contribution in [3.63, 3.8) is 0 Å². The van der Waals surface area contributed by atoms with Crippen molar-refractivity contribution in [3.8, 4) is 0 Å². The molecule has 1 aromatic carbocycles. The Labute approximate surface area is 156 Å². The van der Waals surface area contributed by atoms with Crippen LogP contribution in [0.2, 0.25) is 0 Å². The van der Waals surface area contributed by atoms with Crippen LogP contribution in [-0.2, 0) is 14.1 Å². The molecule has 6 nitrogen and oxygen atoms in total. The monoisotopic (exact) mass is 374 g/mol. The average molecular weight is 374 g/mol. The molecule has 0 saturated carbocycles. The molecule has 8 heteroatoms. The molecule has 2 N–H and O–H groups in total. The maximum atomic E-state index is 11.5. The molecule has 1 aromatic heterocycles. The van der Waals surface area contributed by atoms with Gasteiger partial charge in [0.05, 0.1) is 22.2 Å². The number of nitrogens with one attached hydrogen (secondary N) is 2. The zero-order chi connectivity index (χ0) is 19.1. The Bertz CT molecular complexity index is 913. The Morgan fingerprint density at radius 1 is 1.15 bits per heavy atom. The molecule has 0 atom stereocenters. The molecule has 0 amide bonds. The Balaban J connectivity index is 1.95. The van der Waals surface area contributed by atoms with Gasteiger partial charge >= 0.3 is 12.8 Å². The predicted octanol–water partition coefficient (Wildman–Crippen LogP) is 3.15. The smallest absolute Gasteiger partial charge is 0.400 e. The van der Waals surface area contributed by atoms with Crippen LogP contribution in [0.1, 0.15) is 40.2 Å². The molecule has 0 radical (unpaired) electrons. The second kappa shape index (κ2) is 6.76. The molecule has 2 aromatic rings. The first kappa shape index (κ1) is 19.0. The number of carbonyl (C=O) groups is 1. The van der Waals surface area contributed by atoms with Gasteiger partial charge in [0.2, 0.25) is 0 Å². The summed E-state index contributed by atoms with van der Waals surface area (Å²) >= 11 is 1.22. The quantitative estimate of drug-likeness (QED) is 0.804. The van der Waals surface area contributed by atoms with Gasteiger partial charge in [0.1, 0.15) is 0 Å². The third-order valence-corrected chi connectivity index (χ3v) is 5.77. The molecular weight excluding hydrogens is 351 g/mol. The molecule has 0 unspecified atom stereocenters. The number of hydrogen-bond acceptors (Lipinski definition) is 5. The van der Waals surface area contributed by atoms with Gasteiger partial charge in [-0.25, -0.2) is 4.79 Å². The maximum absolute atomic E-state index is 11.5. The van der Waals surface area contributed by atoms with E-state index in [1.54, 1.807) is 6.92 Å². The number of benzene rings is 1. The molecule has 26 heavy (non-hydrogen) atoms. The van der Waals surface area contributed by atoms with Crippen molar-refractivity contribution in [2.45, 2.75) is 45.8 Å². The van der Waals surface area contributed by atoms with E-state index < -0.39 is 18.3 Å². The summed E-state index contributed by atoms with van der Waals surface area (Å²) in [5.74, 6) is 0.480. The first-order valence-corrected chi connectivity index (χ1v) is 9.47. The number of H-pyrrole nitrogens is 2. The molecule has 0 spiro atoms. The number of hydrogen-bond donors (Lipinski definition) is 2. The molecule has 1 saturated heterocycles. The van der Waals surface area contributed by atoms with E-state index in [2.05, 4.69) is 9.97 Å². The van der Waals surface area contributed by atoms with Crippen molar-refractivity contribution in [1.29, 1.82) is 0 Å². The van der Waals surface area contributed by atoms with Crippen LogP contribution in [0, 0.1) is 0 Å². The number of thioether (sulfide) groups is 1. The van der Waals surface area contributed by atoms with Crippen LogP contribution in [0.3, 0.4) is 0 Å². The minimum Gasteiger partial charge on any atom is -0.400 e. The average Bonchev–Trinajstić information content (AvgIpc) is 2.98. The van der Waals surface area contributed by atoms with Crippen LogP contribution >= 0.6 is 11.8 Å². The topological polar surface area (TPSA) is 84.2 Å². The number of fused-ring (bicyclic) bond motifs is 1. The molecule has 138 valence electrons. The Morgan fingerprint density at radius 3 is 2.38 bits per heavy atom. The van der Waals surface area contributed by atoms with Gasteiger partial charge in [-0.05, 0) is 50.9 Å². The maximum Gasteiger partial charge on any atom is 0.491 e. The normalized spacial score (nSPS) is 19.3. The summed E-state index contributed by atoms with van der Waals surface area (Å²) in [6.45, 7) is 9.54. The summed E-state index contributed by atoms with van der Waals surface area (Å²) in [6.07, 6.45) is 1.96. The molecule has 1 aliphatic heterocycles. The summed E-state index contributed by atoms with van der Waals surface area (Å²) in [6, 6.07) is 5.64. The highest BCUT2D eigenvalue weighted by atomic mass is 32.2. The van der Waals surface area contributed by atoms with Crippen LogP contribution in [0.5, 0.6) is 0 Å². The lowest BCUT2D eigenvalue weighted by molar-refractivity contribution is -0.109. The van der Waals surface area contributed by atoms with Gasteiger partial charge in [0.15, 0.2) is 5.12 Å². The number of carbonyl (C=O) groups excluding carboxylic acids is 1. The van der Waals surface area contributed by atoms with E-state index in [1.165, 1.54) is 11.8 Å². The standard InChI is InChI=1S/C18H23BN2O4S/c1-11(22)26-10-13(19-24-17(2,3)18(4,5)25-19)8-12-6-7-14-15(9-12)21-16(23)20-14/h6-9H,10H2,1-5H3,(H2,20,21,23). The van der Waals surface area contributed by atoms with E-state index in [0.29, 0.717) is 5.75 Å². The Morgan fingerprint density at radius 2 is 1.77 bits per heavy atom. The molecule has 0 aliphatic carbocycles. The number of aromatic amines is 2. The fourth-order valence-electron chi connectivity index (χ4n) is 2.71. The second-order valence-corrected chi connectivity index (χ2v) is 8.62. The van der Waals surface area contributed by atoms with Crippen molar-refractivity contribution >= 4 is 41.1 Å². The van der Waals surface area contributed by atoms with Crippen molar-refractivity contribution in [2.75, 3.05) is 5.75 Å². The first-order valence-electron chi connectivity index (χ1n) is 8.49. The van der Waals surface area contributed by atoms with Gasteiger partial charge in [-0.1, -0.05) is 23.9 Å². The molecule has 1 aliphatic rings. The van der Waals surface area contributed by atoms with Crippen LogP contribution in [0.15, 0.2) is 28.5 Å². The SMILES string of the molecule is CC(=O)SCC(=Cc1ccc2[nH]c(=O)[nH]c2c1)B1OC(C)(C)C(C)(C)O1. The van der Waals surface area contributed by atoms with Crippen molar-refractivity contribution in [3.05, 3.63) is 39.7 Å². The summed E-state index contributed by atoms with van der Waals surface area (Å²) in [5, 5.41) is 0.0397. The van der Waals surface area contributed by atoms with Crippen LogP contribution in [0.4, 0.5) is 0 Å². The van der Waals surface area contributed by atoms with E-state index in [4.69, 9.17) is 9.31 Å². The lowest BCUT2D eigenvalue weighted by Crippen LogP contribution is -2.41. The highest BCUT2D eigenvalue weighted by Crippen LogP contribution is 2.39. The lowest BCUT2D eigenvalue weighted by atomic mass is 9.78. The minimum atomic E-state index is -0.521. The second-order valence-electron chi connectivity index (χ2n) is 7.47. The zero-order valence-electron chi connectivity index (χ0n) is 15.6. The van der Waals surface area contributed by atoms with Crippen molar-refractivity contribution in [1.82, 2.24) is 9.97 Å². The van der Waals surface area contributed by atoms with Gasteiger partial charge in [0.25, 0.3) is 0 Å². The lowest BCUT2D eigenvalue weighted by Gasteiger charge is -2.32. The van der Waals surface area contributed by atoms with Gasteiger partial charge < -0.3 is 19.3 Å². The fraction of sp³-hybridized carbons (Fsp3) is 0.444. The highest BCUT2D eigenvalue weighted by molar-refractivity contribution is 8.13. The largest absolute Gasteiger partial charge is 0.491 e. The third kappa shape index (κ3) is 3.82. The highest BCUT2D eigenvalue weighted by Gasteiger charge is 2.52. The number of rotatable bonds is 4. The van der Waals surface area contributed by atoms with E-state index in [9.17, 15) is 9.59 Å². The zero-order valence-corrected chi connectivity index (χ0v) is 16.5. The van der Waals surface area contributed by atoms with Gasteiger partial charge in [-0.3, -0.25) is 4.79 Å². The Kier molecular flexibility index (Phi) is 4.94. The number of aromatic nitrogens is 2. The Hall–Kier alpha value is -1.77. The summed E-state index contributed by atoms with van der Waals surface area (Å²) < 4.78 is 12.3. The van der Waals surface area contributed by atoms with E-state index >= 15 is 0 Å². The van der Waals surface area contributed by atoms with E-state index in [0.717, 1.165) is 22.1 Å². The van der Waals surface area contributed by atoms with E-state index in [1.807, 2.05) is 52.0 Å². The third-order valence-electron chi connectivity index (χ3n) is 4.89. The van der Waals surface area contributed by atoms with Crippen molar-refractivity contribution < 1.29 is 14.1 Å². The number of imidazole rings is 1. The molecule has 3 rings (SSSR count). The molecule has 2 heterocycles. The van der Waals surface area contributed by atoms with Gasteiger partial charge in [-0.15, -0.1) is 0 Å². The molecular formula is C18H23BN2O4S. The minimum absolute atomic E-state index is 0.0397. The summed E-state index contributed by atoms with van der Waals surface area (Å²) in [7, 11) is -0.521. The van der Waals surface area contributed by atoms with Crippen LogP contribution < -0.4 is 5.69 Å². The first-order chi connectivity index (χ1) is 12.1. The summed E-state index contributed by atoms with van der Waals surface area (Å²) in [5.41, 5.74) is 2.13. The van der Waals surface area contributed by atoms with Crippen LogP contribution in [0.25, 0.3) is 17.1 Å². The van der Waals surface area contributed by atoms with Gasteiger partial charge in [0, 0.05) is 12.7 Å². The molecule has 1 fully saturated rings. The predicted molar refractivity (Wildman–Crippen MR) is 106 cm³/mol. The van der Waals surface area contributed by atoms with Gasteiger partial charge in [-0.2, -0.15) is 0 Å². The fourth-order valence-corrected chi connectivity index (χ4v) is 3.30. The van der Waals surface area contributed by atoms with Crippen molar-refractivity contribution in [2.24, 2.45) is 0 Å². The summed E-state index contributed by atoms with van der Waals surface area (Å²) in [4.78, 5) is 28.4. The van der Waals surface area contributed by atoms with E-state index in [-0.39, 0.29) is 10.8 Å². The molecule has 0 bridgehead atoms.